The van der Waals surface area contributed by atoms with Crippen LogP contribution in [0.1, 0.15) is 19.3 Å². The standard InChI is InChI=1S/C10H18N2O4.ClH/c1-2-7-16-10(15)12-6-4-3-5-8(11)9(13)14;/h2,8H,1,3-7,11H2,(H,12,15)(H,13,14);1H/t8-;/m0./s1. The highest BCUT2D eigenvalue weighted by atomic mass is 35.5. The summed E-state index contributed by atoms with van der Waals surface area (Å²) in [5.74, 6) is -1.00. The number of nitrogens with two attached hydrogens (primary N) is 1. The predicted octanol–water partition coefficient (Wildman–Crippen LogP) is 0.903. The van der Waals surface area contributed by atoms with Crippen LogP contribution in [0.5, 0.6) is 0 Å². The summed E-state index contributed by atoms with van der Waals surface area (Å²) in [6.45, 7) is 4.03. The van der Waals surface area contributed by atoms with E-state index in [1.165, 1.54) is 6.08 Å². The molecule has 0 aromatic heterocycles. The number of carboxylic acid groups (broad SMARTS) is 1. The van der Waals surface area contributed by atoms with Crippen molar-refractivity contribution in [3.63, 3.8) is 0 Å². The van der Waals surface area contributed by atoms with E-state index in [2.05, 4.69) is 16.6 Å². The molecule has 0 fully saturated rings. The fourth-order valence-electron chi connectivity index (χ4n) is 0.989. The zero-order chi connectivity index (χ0) is 12.4. The van der Waals surface area contributed by atoms with Gasteiger partial charge in [-0.2, -0.15) is 0 Å². The second-order valence-corrected chi connectivity index (χ2v) is 3.25. The van der Waals surface area contributed by atoms with Crippen LogP contribution >= 0.6 is 12.4 Å². The molecular formula is C10H19ClN2O4. The minimum atomic E-state index is -1.00. The van der Waals surface area contributed by atoms with Crippen molar-refractivity contribution in [2.24, 2.45) is 5.73 Å². The van der Waals surface area contributed by atoms with Gasteiger partial charge in [-0.15, -0.1) is 12.4 Å². The Morgan fingerprint density at radius 3 is 2.65 bits per heavy atom. The first-order valence-electron chi connectivity index (χ1n) is 5.07. The van der Waals surface area contributed by atoms with E-state index >= 15 is 0 Å². The van der Waals surface area contributed by atoms with Gasteiger partial charge in [-0.3, -0.25) is 4.79 Å². The molecule has 0 aliphatic rings. The van der Waals surface area contributed by atoms with Crippen molar-refractivity contribution in [3.05, 3.63) is 12.7 Å². The van der Waals surface area contributed by atoms with Crippen LogP contribution in [0.4, 0.5) is 4.79 Å². The molecule has 0 radical (unpaired) electrons. The van der Waals surface area contributed by atoms with Gasteiger partial charge in [0.25, 0.3) is 0 Å². The van der Waals surface area contributed by atoms with E-state index in [1.54, 1.807) is 0 Å². The quantitative estimate of drug-likeness (QED) is 0.448. The Morgan fingerprint density at radius 1 is 1.47 bits per heavy atom. The fraction of sp³-hybridized carbons (Fsp3) is 0.600. The van der Waals surface area contributed by atoms with Gasteiger partial charge in [-0.1, -0.05) is 12.7 Å². The van der Waals surface area contributed by atoms with Gasteiger partial charge >= 0.3 is 12.1 Å². The summed E-state index contributed by atoms with van der Waals surface area (Å²) in [4.78, 5) is 21.3. The molecule has 0 rings (SSSR count). The van der Waals surface area contributed by atoms with Gasteiger partial charge < -0.3 is 20.9 Å². The topological polar surface area (TPSA) is 102 Å². The van der Waals surface area contributed by atoms with E-state index in [0.717, 1.165) is 0 Å². The number of nitrogens with one attached hydrogen (secondary N) is 1. The molecule has 6 nitrogen and oxygen atoms in total. The van der Waals surface area contributed by atoms with Crippen molar-refractivity contribution in [2.75, 3.05) is 13.2 Å². The van der Waals surface area contributed by atoms with Gasteiger partial charge in [0.2, 0.25) is 0 Å². The smallest absolute Gasteiger partial charge is 0.407 e. The number of alkyl carbamates (subject to hydrolysis) is 1. The monoisotopic (exact) mass is 266 g/mol. The molecule has 0 unspecified atom stereocenters. The van der Waals surface area contributed by atoms with Crippen LogP contribution in [0.25, 0.3) is 0 Å². The van der Waals surface area contributed by atoms with E-state index in [0.29, 0.717) is 25.8 Å². The lowest BCUT2D eigenvalue weighted by atomic mass is 10.1. The Balaban J connectivity index is 0. The number of unbranched alkanes of at least 4 members (excludes halogenated alkanes) is 1. The lowest BCUT2D eigenvalue weighted by molar-refractivity contribution is -0.138. The van der Waals surface area contributed by atoms with Crippen molar-refractivity contribution >= 4 is 24.5 Å². The van der Waals surface area contributed by atoms with E-state index < -0.39 is 18.1 Å². The molecule has 0 saturated carbocycles. The molecule has 0 bridgehead atoms. The van der Waals surface area contributed by atoms with Crippen LogP contribution < -0.4 is 11.1 Å². The summed E-state index contributed by atoms with van der Waals surface area (Å²) in [7, 11) is 0. The zero-order valence-corrected chi connectivity index (χ0v) is 10.4. The molecule has 0 saturated heterocycles. The summed E-state index contributed by atoms with van der Waals surface area (Å²) in [6, 6.07) is -0.826. The van der Waals surface area contributed by atoms with E-state index in [-0.39, 0.29) is 19.0 Å². The average molecular weight is 267 g/mol. The first-order chi connectivity index (χ1) is 7.57. The number of hydrogen-bond acceptors (Lipinski definition) is 4. The molecule has 17 heavy (non-hydrogen) atoms. The highest BCUT2D eigenvalue weighted by Crippen LogP contribution is 1.98. The second kappa shape index (κ2) is 11.2. The van der Waals surface area contributed by atoms with Gasteiger partial charge in [-0.25, -0.2) is 4.79 Å². The summed E-state index contributed by atoms with van der Waals surface area (Å²) in [5.41, 5.74) is 5.30. The Morgan fingerprint density at radius 2 is 2.12 bits per heavy atom. The highest BCUT2D eigenvalue weighted by Gasteiger charge is 2.10. The van der Waals surface area contributed by atoms with Gasteiger partial charge in [-0.05, 0) is 19.3 Å². The van der Waals surface area contributed by atoms with Crippen LogP contribution in [0.15, 0.2) is 12.7 Å². The number of aliphatic carboxylic acids is 1. The van der Waals surface area contributed by atoms with Gasteiger partial charge in [0.05, 0.1) is 0 Å². The SMILES string of the molecule is C=CCOC(=O)NCCCC[C@H](N)C(=O)O.Cl. The summed E-state index contributed by atoms with van der Waals surface area (Å²) >= 11 is 0. The number of carbonyl (C=O) groups is 2. The molecule has 0 aliphatic heterocycles. The molecule has 100 valence electrons. The third kappa shape index (κ3) is 11.0. The molecule has 0 heterocycles. The normalized spacial score (nSPS) is 10.9. The molecule has 0 aliphatic carbocycles. The Hall–Kier alpha value is -1.27. The highest BCUT2D eigenvalue weighted by molar-refractivity contribution is 5.85. The van der Waals surface area contributed by atoms with Crippen molar-refractivity contribution in [1.29, 1.82) is 0 Å². The van der Waals surface area contributed by atoms with Gasteiger partial charge in [0, 0.05) is 6.54 Å². The number of ether oxygens (including phenoxy) is 1. The Kier molecular flexibility index (Phi) is 12.0. The predicted molar refractivity (Wildman–Crippen MR) is 66.3 cm³/mol. The molecule has 1 amide bonds. The van der Waals surface area contributed by atoms with Crippen molar-refractivity contribution in [3.8, 4) is 0 Å². The number of halogens is 1. The molecular weight excluding hydrogens is 248 g/mol. The van der Waals surface area contributed by atoms with Crippen LogP contribution in [-0.2, 0) is 9.53 Å². The minimum Gasteiger partial charge on any atom is -0.480 e. The van der Waals surface area contributed by atoms with Gasteiger partial charge in [0.15, 0.2) is 0 Å². The maximum Gasteiger partial charge on any atom is 0.407 e. The maximum atomic E-state index is 10.9. The number of carbonyl (C=O) groups excluding carboxylic acids is 1. The van der Waals surface area contributed by atoms with Crippen LogP contribution in [0, 0.1) is 0 Å². The van der Waals surface area contributed by atoms with E-state index in [1.807, 2.05) is 0 Å². The van der Waals surface area contributed by atoms with Crippen molar-refractivity contribution in [2.45, 2.75) is 25.3 Å². The third-order valence-corrected chi connectivity index (χ3v) is 1.86. The number of rotatable bonds is 8. The second-order valence-electron chi connectivity index (χ2n) is 3.25. The van der Waals surface area contributed by atoms with E-state index in [4.69, 9.17) is 10.8 Å². The van der Waals surface area contributed by atoms with Crippen LogP contribution in [0.2, 0.25) is 0 Å². The lowest BCUT2D eigenvalue weighted by Crippen LogP contribution is -2.30. The van der Waals surface area contributed by atoms with Crippen molar-refractivity contribution in [1.82, 2.24) is 5.32 Å². The minimum absolute atomic E-state index is 0. The third-order valence-electron chi connectivity index (χ3n) is 1.86. The lowest BCUT2D eigenvalue weighted by Gasteiger charge is -2.07. The number of amides is 1. The molecule has 0 aromatic carbocycles. The number of carboxylic acids is 1. The van der Waals surface area contributed by atoms with Crippen LogP contribution in [0.3, 0.4) is 0 Å². The average Bonchev–Trinajstić information content (AvgIpc) is 2.25. The Labute approximate surface area is 107 Å². The van der Waals surface area contributed by atoms with Crippen molar-refractivity contribution < 1.29 is 19.4 Å². The Bertz CT molecular complexity index is 248. The fourth-order valence-corrected chi connectivity index (χ4v) is 0.989. The summed E-state index contributed by atoms with van der Waals surface area (Å²) < 4.78 is 4.67. The molecule has 0 aromatic rings. The largest absolute Gasteiger partial charge is 0.480 e. The summed E-state index contributed by atoms with van der Waals surface area (Å²) in [6.07, 6.45) is 2.70. The van der Waals surface area contributed by atoms with Crippen LogP contribution in [-0.4, -0.2) is 36.4 Å². The number of hydrogen-bond donors (Lipinski definition) is 3. The van der Waals surface area contributed by atoms with E-state index in [9.17, 15) is 9.59 Å². The maximum absolute atomic E-state index is 10.9. The first kappa shape index (κ1) is 18.1. The molecule has 4 N–H and O–H groups in total. The molecule has 7 heteroatoms. The van der Waals surface area contributed by atoms with Gasteiger partial charge in [0.1, 0.15) is 12.6 Å². The zero-order valence-electron chi connectivity index (χ0n) is 9.55. The first-order valence-corrected chi connectivity index (χ1v) is 5.07. The molecule has 1 atom stereocenters. The molecule has 0 spiro atoms. The summed E-state index contributed by atoms with van der Waals surface area (Å²) in [5, 5.41) is 11.0.